The highest BCUT2D eigenvalue weighted by Crippen LogP contribution is 2.29. The molecular weight excluding hydrogens is 176 g/mol. The highest BCUT2D eigenvalue weighted by atomic mass is 16.5. The van der Waals surface area contributed by atoms with Gasteiger partial charge in [0.15, 0.2) is 0 Å². The van der Waals surface area contributed by atoms with Crippen molar-refractivity contribution in [2.24, 2.45) is 0 Å². The Morgan fingerprint density at radius 1 is 1.50 bits per heavy atom. The number of nitrogen functional groups attached to an aromatic ring is 1. The molecule has 76 valence electrons. The fourth-order valence-corrected chi connectivity index (χ4v) is 1.92. The summed E-state index contributed by atoms with van der Waals surface area (Å²) in [4.78, 5) is 0. The Hall–Kier alpha value is -1.22. The van der Waals surface area contributed by atoms with Crippen molar-refractivity contribution in [2.75, 3.05) is 25.9 Å². The van der Waals surface area contributed by atoms with E-state index < -0.39 is 0 Å². The summed E-state index contributed by atoms with van der Waals surface area (Å²) in [6.07, 6.45) is 1.20. The van der Waals surface area contributed by atoms with Crippen LogP contribution in [0.1, 0.15) is 17.9 Å². The monoisotopic (exact) mass is 192 g/mol. The first-order valence-electron chi connectivity index (χ1n) is 4.95. The first-order valence-corrected chi connectivity index (χ1v) is 4.95. The Balaban J connectivity index is 2.25. The van der Waals surface area contributed by atoms with Gasteiger partial charge in [-0.3, -0.25) is 0 Å². The lowest BCUT2D eigenvalue weighted by Gasteiger charge is -2.11. The number of hydrogen-bond acceptors (Lipinski definition) is 3. The molecule has 1 fully saturated rings. The number of rotatable bonds is 2. The van der Waals surface area contributed by atoms with Crippen molar-refractivity contribution < 1.29 is 4.74 Å². The molecule has 3 N–H and O–H groups in total. The summed E-state index contributed by atoms with van der Waals surface area (Å²) in [6.45, 7) is 2.17. The molecule has 1 aliphatic heterocycles. The van der Waals surface area contributed by atoms with Crippen LogP contribution in [-0.2, 0) is 0 Å². The highest BCUT2D eigenvalue weighted by Gasteiger charge is 2.17. The summed E-state index contributed by atoms with van der Waals surface area (Å²) in [5.74, 6) is 1.40. The minimum absolute atomic E-state index is 0.615. The Kier molecular flexibility index (Phi) is 2.59. The second kappa shape index (κ2) is 3.88. The third kappa shape index (κ3) is 1.68. The number of benzene rings is 1. The van der Waals surface area contributed by atoms with Gasteiger partial charge in [0.1, 0.15) is 5.75 Å². The van der Waals surface area contributed by atoms with E-state index >= 15 is 0 Å². The normalized spacial score (nSPS) is 21.1. The fraction of sp³-hybridized carbons (Fsp3) is 0.455. The second-order valence-electron chi connectivity index (χ2n) is 3.69. The van der Waals surface area contributed by atoms with E-state index in [-0.39, 0.29) is 0 Å². The Morgan fingerprint density at radius 3 is 3.00 bits per heavy atom. The zero-order valence-electron chi connectivity index (χ0n) is 8.42. The van der Waals surface area contributed by atoms with Crippen LogP contribution in [-0.4, -0.2) is 20.2 Å². The summed E-state index contributed by atoms with van der Waals surface area (Å²) in [7, 11) is 1.66. The van der Waals surface area contributed by atoms with Gasteiger partial charge in [0.25, 0.3) is 0 Å². The van der Waals surface area contributed by atoms with Gasteiger partial charge < -0.3 is 15.8 Å². The molecule has 1 aliphatic rings. The van der Waals surface area contributed by atoms with E-state index in [1.54, 1.807) is 7.11 Å². The van der Waals surface area contributed by atoms with E-state index in [4.69, 9.17) is 10.5 Å². The molecular formula is C11H16N2O. The van der Waals surface area contributed by atoms with Gasteiger partial charge in [0, 0.05) is 6.54 Å². The van der Waals surface area contributed by atoms with E-state index in [2.05, 4.69) is 11.4 Å². The predicted octanol–water partition coefficient (Wildman–Crippen LogP) is 1.35. The van der Waals surface area contributed by atoms with Gasteiger partial charge in [0.05, 0.1) is 12.8 Å². The van der Waals surface area contributed by atoms with Crippen LogP contribution in [0.5, 0.6) is 5.75 Å². The van der Waals surface area contributed by atoms with Crippen molar-refractivity contribution in [3.05, 3.63) is 23.8 Å². The number of ether oxygens (including phenoxy) is 1. The van der Waals surface area contributed by atoms with E-state index in [9.17, 15) is 0 Å². The van der Waals surface area contributed by atoms with Gasteiger partial charge in [-0.15, -0.1) is 0 Å². The van der Waals surface area contributed by atoms with Crippen LogP contribution >= 0.6 is 0 Å². The Labute approximate surface area is 84.3 Å². The average molecular weight is 192 g/mol. The van der Waals surface area contributed by atoms with Crippen molar-refractivity contribution in [3.63, 3.8) is 0 Å². The molecule has 1 saturated heterocycles. The van der Waals surface area contributed by atoms with Crippen molar-refractivity contribution in [3.8, 4) is 5.75 Å². The van der Waals surface area contributed by atoms with E-state index in [0.29, 0.717) is 11.6 Å². The Morgan fingerprint density at radius 2 is 2.36 bits per heavy atom. The molecule has 1 atom stereocenters. The number of hydrogen-bond donors (Lipinski definition) is 2. The van der Waals surface area contributed by atoms with Crippen molar-refractivity contribution in [1.29, 1.82) is 0 Å². The molecule has 1 aromatic carbocycles. The molecule has 14 heavy (non-hydrogen) atoms. The smallest absolute Gasteiger partial charge is 0.142 e. The maximum Gasteiger partial charge on any atom is 0.142 e. The number of nitrogens with one attached hydrogen (secondary N) is 1. The van der Waals surface area contributed by atoms with Crippen LogP contribution in [0.25, 0.3) is 0 Å². The van der Waals surface area contributed by atoms with E-state index in [1.165, 1.54) is 12.0 Å². The topological polar surface area (TPSA) is 47.3 Å². The van der Waals surface area contributed by atoms with Gasteiger partial charge in [-0.05, 0) is 36.6 Å². The lowest BCUT2D eigenvalue weighted by Crippen LogP contribution is -2.08. The third-order valence-electron chi connectivity index (χ3n) is 2.79. The summed E-state index contributed by atoms with van der Waals surface area (Å²) in [5.41, 5.74) is 7.79. The molecule has 3 nitrogen and oxygen atoms in total. The molecule has 1 heterocycles. The lowest BCUT2D eigenvalue weighted by atomic mass is 9.98. The molecule has 3 heteroatoms. The summed E-state index contributed by atoms with van der Waals surface area (Å²) >= 11 is 0. The fourth-order valence-electron chi connectivity index (χ4n) is 1.92. The van der Waals surface area contributed by atoms with Gasteiger partial charge in [-0.25, -0.2) is 0 Å². The summed E-state index contributed by atoms with van der Waals surface area (Å²) in [5, 5.41) is 3.35. The number of nitrogens with two attached hydrogens (primary N) is 1. The molecule has 0 aromatic heterocycles. The number of anilines is 1. The van der Waals surface area contributed by atoms with Crippen LogP contribution in [0.3, 0.4) is 0 Å². The molecule has 0 bridgehead atoms. The molecule has 0 radical (unpaired) electrons. The van der Waals surface area contributed by atoms with Crippen molar-refractivity contribution in [2.45, 2.75) is 12.3 Å². The van der Waals surface area contributed by atoms with Gasteiger partial charge in [-0.1, -0.05) is 6.07 Å². The van der Waals surface area contributed by atoms with Gasteiger partial charge >= 0.3 is 0 Å². The van der Waals surface area contributed by atoms with E-state index in [0.717, 1.165) is 18.8 Å². The molecule has 0 amide bonds. The molecule has 0 spiro atoms. The van der Waals surface area contributed by atoms with Crippen LogP contribution < -0.4 is 15.8 Å². The average Bonchev–Trinajstić information content (AvgIpc) is 2.71. The maximum absolute atomic E-state index is 5.76. The zero-order valence-corrected chi connectivity index (χ0v) is 8.42. The molecule has 2 rings (SSSR count). The summed E-state index contributed by atoms with van der Waals surface area (Å²) < 4.78 is 5.20. The predicted molar refractivity (Wildman–Crippen MR) is 57.6 cm³/mol. The first-order chi connectivity index (χ1) is 6.81. The Bertz CT molecular complexity index is 319. The maximum atomic E-state index is 5.76. The SMILES string of the molecule is COc1cc([C@H]2CCNC2)ccc1N. The van der Waals surface area contributed by atoms with Crippen LogP contribution in [0, 0.1) is 0 Å². The molecule has 0 aliphatic carbocycles. The third-order valence-corrected chi connectivity index (χ3v) is 2.79. The highest BCUT2D eigenvalue weighted by molar-refractivity contribution is 5.54. The molecule has 0 saturated carbocycles. The summed E-state index contributed by atoms with van der Waals surface area (Å²) in [6, 6.07) is 6.06. The van der Waals surface area contributed by atoms with Crippen LogP contribution in [0.2, 0.25) is 0 Å². The van der Waals surface area contributed by atoms with Crippen molar-refractivity contribution in [1.82, 2.24) is 5.32 Å². The molecule has 0 unspecified atom stereocenters. The first kappa shape index (κ1) is 9.34. The van der Waals surface area contributed by atoms with Crippen LogP contribution in [0.4, 0.5) is 5.69 Å². The lowest BCUT2D eigenvalue weighted by molar-refractivity contribution is 0.416. The van der Waals surface area contributed by atoms with E-state index in [1.807, 2.05) is 12.1 Å². The standard InChI is InChI=1S/C11H16N2O/c1-14-11-6-8(2-3-10(11)12)9-4-5-13-7-9/h2-3,6,9,13H,4-5,7,12H2,1H3/t9-/m0/s1. The second-order valence-corrected chi connectivity index (χ2v) is 3.69. The van der Waals surface area contributed by atoms with Gasteiger partial charge in [0.2, 0.25) is 0 Å². The van der Waals surface area contributed by atoms with Crippen LogP contribution in [0.15, 0.2) is 18.2 Å². The van der Waals surface area contributed by atoms with Crippen molar-refractivity contribution >= 4 is 5.69 Å². The minimum atomic E-state index is 0.615. The minimum Gasteiger partial charge on any atom is -0.495 e. The zero-order chi connectivity index (χ0) is 9.97. The number of methoxy groups -OCH3 is 1. The quantitative estimate of drug-likeness (QED) is 0.695. The van der Waals surface area contributed by atoms with Gasteiger partial charge in [-0.2, -0.15) is 0 Å². The molecule has 1 aromatic rings. The largest absolute Gasteiger partial charge is 0.495 e.